The summed E-state index contributed by atoms with van der Waals surface area (Å²) >= 11 is 0. The fourth-order valence-electron chi connectivity index (χ4n) is 3.78. The van der Waals surface area contributed by atoms with Gasteiger partial charge in [0.25, 0.3) is 0 Å². The van der Waals surface area contributed by atoms with Crippen LogP contribution in [0.1, 0.15) is 29.0 Å². The third-order valence-electron chi connectivity index (χ3n) is 5.13. The Morgan fingerprint density at radius 2 is 1.77 bits per heavy atom. The molecule has 5 heteroatoms. The van der Waals surface area contributed by atoms with E-state index in [1.165, 1.54) is 12.1 Å². The predicted molar refractivity (Wildman–Crippen MR) is 96.7 cm³/mol. The van der Waals surface area contributed by atoms with Crippen LogP contribution in [0.3, 0.4) is 0 Å². The van der Waals surface area contributed by atoms with Crippen molar-refractivity contribution in [3.63, 3.8) is 0 Å². The van der Waals surface area contributed by atoms with Crippen LogP contribution in [0.15, 0.2) is 42.5 Å². The van der Waals surface area contributed by atoms with E-state index in [1.54, 1.807) is 26.4 Å². The van der Waals surface area contributed by atoms with E-state index < -0.39 is 0 Å². The summed E-state index contributed by atoms with van der Waals surface area (Å²) in [4.78, 5) is 14.6. The van der Waals surface area contributed by atoms with Gasteiger partial charge in [-0.25, -0.2) is 4.39 Å². The molecule has 2 aliphatic heterocycles. The molecule has 0 fully saturated rings. The minimum atomic E-state index is -0.273. The Hall–Kier alpha value is -2.82. The maximum atomic E-state index is 13.2. The van der Waals surface area contributed by atoms with Gasteiger partial charge in [0.15, 0.2) is 11.5 Å². The number of amides is 1. The highest BCUT2D eigenvalue weighted by molar-refractivity contribution is 5.92. The average Bonchev–Trinajstić information content (AvgIpc) is 2.67. The number of ether oxygens (including phenoxy) is 2. The van der Waals surface area contributed by atoms with Gasteiger partial charge in [0.05, 0.1) is 14.2 Å². The van der Waals surface area contributed by atoms with Crippen LogP contribution in [0, 0.1) is 5.82 Å². The third-order valence-corrected chi connectivity index (χ3v) is 5.13. The van der Waals surface area contributed by atoms with E-state index in [4.69, 9.17) is 9.47 Å². The van der Waals surface area contributed by atoms with Crippen molar-refractivity contribution >= 4 is 11.6 Å². The molecule has 0 unspecified atom stereocenters. The first-order valence-electron chi connectivity index (χ1n) is 8.63. The molecule has 1 amide bonds. The first kappa shape index (κ1) is 16.6. The summed E-state index contributed by atoms with van der Waals surface area (Å²) < 4.78 is 24.1. The van der Waals surface area contributed by atoms with E-state index in [9.17, 15) is 9.18 Å². The lowest BCUT2D eigenvalue weighted by atomic mass is 9.86. The number of nitrogens with zero attached hydrogens (tertiary/aromatic N) is 1. The van der Waals surface area contributed by atoms with Crippen molar-refractivity contribution in [1.29, 1.82) is 0 Å². The maximum Gasteiger partial charge on any atom is 0.227 e. The number of hydrogen-bond donors (Lipinski definition) is 0. The second kappa shape index (κ2) is 6.48. The zero-order chi connectivity index (χ0) is 18.3. The molecule has 26 heavy (non-hydrogen) atoms. The minimum Gasteiger partial charge on any atom is -0.493 e. The molecule has 4 rings (SSSR count). The summed E-state index contributed by atoms with van der Waals surface area (Å²) in [7, 11) is 3.22. The second-order valence-corrected chi connectivity index (χ2v) is 6.57. The van der Waals surface area contributed by atoms with E-state index >= 15 is 0 Å². The Morgan fingerprint density at radius 3 is 2.46 bits per heavy atom. The van der Waals surface area contributed by atoms with Crippen LogP contribution in [0.4, 0.5) is 4.39 Å². The molecule has 4 nitrogen and oxygen atoms in total. The summed E-state index contributed by atoms with van der Waals surface area (Å²) in [5.74, 6) is 1.10. The van der Waals surface area contributed by atoms with Gasteiger partial charge in [0, 0.05) is 30.1 Å². The van der Waals surface area contributed by atoms with Gasteiger partial charge in [-0.1, -0.05) is 18.2 Å². The highest BCUT2D eigenvalue weighted by atomic mass is 19.1. The van der Waals surface area contributed by atoms with Gasteiger partial charge >= 0.3 is 0 Å². The van der Waals surface area contributed by atoms with Crippen LogP contribution < -0.4 is 9.47 Å². The van der Waals surface area contributed by atoms with Crippen LogP contribution in [0.2, 0.25) is 0 Å². The number of halogens is 1. The number of methoxy groups -OCH3 is 2. The van der Waals surface area contributed by atoms with Crippen LogP contribution >= 0.6 is 0 Å². The van der Waals surface area contributed by atoms with Crippen molar-refractivity contribution in [2.75, 3.05) is 20.8 Å². The largest absolute Gasteiger partial charge is 0.493 e. The van der Waals surface area contributed by atoms with Gasteiger partial charge in [-0.3, -0.25) is 4.79 Å². The molecular weight excluding hydrogens is 333 g/mol. The SMILES string of the molecule is COc1cc2c(cc1OC)C1=C[C@H](c3ccc(F)cc3)CC(=O)N1CC2. The predicted octanol–water partition coefficient (Wildman–Crippen LogP) is 3.76. The Morgan fingerprint density at radius 1 is 1.08 bits per heavy atom. The third kappa shape index (κ3) is 2.73. The van der Waals surface area contributed by atoms with Crippen molar-refractivity contribution in [3.05, 3.63) is 65.0 Å². The standard InChI is InChI=1S/C21H20FNO3/c1-25-19-10-14-7-8-23-18(17(14)12-20(19)26-2)9-15(11-21(23)24)13-3-5-16(22)6-4-13/h3-6,9-10,12,15H,7-8,11H2,1-2H3/t15-/m0/s1. The van der Waals surface area contributed by atoms with Gasteiger partial charge in [0.1, 0.15) is 5.82 Å². The van der Waals surface area contributed by atoms with E-state index in [1.807, 2.05) is 17.0 Å². The molecule has 0 radical (unpaired) electrons. The molecule has 0 spiro atoms. The molecule has 2 aromatic carbocycles. The van der Waals surface area contributed by atoms with Crippen molar-refractivity contribution in [1.82, 2.24) is 4.90 Å². The molecule has 134 valence electrons. The molecule has 0 saturated heterocycles. The lowest BCUT2D eigenvalue weighted by molar-refractivity contribution is -0.128. The molecular formula is C21H20FNO3. The Kier molecular flexibility index (Phi) is 4.15. The molecule has 2 aromatic rings. The maximum absolute atomic E-state index is 13.2. The van der Waals surface area contributed by atoms with Gasteiger partial charge < -0.3 is 14.4 Å². The number of rotatable bonds is 3. The number of allylic oxidation sites excluding steroid dienone is 1. The summed E-state index contributed by atoms with van der Waals surface area (Å²) in [6.07, 6.45) is 3.29. The monoisotopic (exact) mass is 353 g/mol. The van der Waals surface area contributed by atoms with Crippen LogP contribution in [-0.4, -0.2) is 31.6 Å². The Bertz CT molecular complexity index is 889. The number of carbonyl (C=O) groups is 1. The molecule has 0 saturated carbocycles. The normalized spacial score (nSPS) is 18.7. The van der Waals surface area contributed by atoms with E-state index in [-0.39, 0.29) is 17.6 Å². The van der Waals surface area contributed by atoms with Crippen molar-refractivity contribution < 1.29 is 18.7 Å². The van der Waals surface area contributed by atoms with Crippen LogP contribution in [0.25, 0.3) is 5.70 Å². The molecule has 0 N–H and O–H groups in total. The molecule has 1 atom stereocenters. The highest BCUT2D eigenvalue weighted by Crippen LogP contribution is 2.42. The minimum absolute atomic E-state index is 0.0617. The lowest BCUT2D eigenvalue weighted by Crippen LogP contribution is -2.38. The second-order valence-electron chi connectivity index (χ2n) is 6.57. The molecule has 0 bridgehead atoms. The summed E-state index contributed by atoms with van der Waals surface area (Å²) in [5.41, 5.74) is 3.98. The highest BCUT2D eigenvalue weighted by Gasteiger charge is 2.33. The van der Waals surface area contributed by atoms with E-state index in [0.29, 0.717) is 24.5 Å². The summed E-state index contributed by atoms with van der Waals surface area (Å²) in [6.45, 7) is 0.656. The van der Waals surface area contributed by atoms with E-state index in [0.717, 1.165) is 28.8 Å². The fourth-order valence-corrected chi connectivity index (χ4v) is 3.78. The van der Waals surface area contributed by atoms with Crippen LogP contribution in [0.5, 0.6) is 11.5 Å². The number of hydrogen-bond acceptors (Lipinski definition) is 3. The quantitative estimate of drug-likeness (QED) is 0.843. The molecule has 2 heterocycles. The number of fused-ring (bicyclic) bond motifs is 3. The van der Waals surface area contributed by atoms with Gasteiger partial charge in [-0.05, 0) is 41.8 Å². The van der Waals surface area contributed by atoms with Gasteiger partial charge in [-0.2, -0.15) is 0 Å². The van der Waals surface area contributed by atoms with Crippen LogP contribution in [-0.2, 0) is 11.2 Å². The number of benzene rings is 2. The summed E-state index contributed by atoms with van der Waals surface area (Å²) in [5, 5.41) is 0. The first-order chi connectivity index (χ1) is 12.6. The molecule has 0 aromatic heterocycles. The number of carbonyl (C=O) groups excluding carboxylic acids is 1. The first-order valence-corrected chi connectivity index (χ1v) is 8.63. The average molecular weight is 353 g/mol. The van der Waals surface area contributed by atoms with Crippen molar-refractivity contribution in [3.8, 4) is 11.5 Å². The Balaban J connectivity index is 1.81. The zero-order valence-corrected chi connectivity index (χ0v) is 14.8. The molecule has 2 aliphatic rings. The topological polar surface area (TPSA) is 38.8 Å². The summed E-state index contributed by atoms with van der Waals surface area (Å²) in [6, 6.07) is 10.3. The van der Waals surface area contributed by atoms with Gasteiger partial charge in [0.2, 0.25) is 5.91 Å². The zero-order valence-electron chi connectivity index (χ0n) is 14.8. The van der Waals surface area contributed by atoms with Gasteiger partial charge in [-0.15, -0.1) is 0 Å². The lowest BCUT2D eigenvalue weighted by Gasteiger charge is -2.37. The van der Waals surface area contributed by atoms with Crippen molar-refractivity contribution in [2.24, 2.45) is 0 Å². The van der Waals surface area contributed by atoms with Crippen molar-refractivity contribution in [2.45, 2.75) is 18.8 Å². The van der Waals surface area contributed by atoms with E-state index in [2.05, 4.69) is 6.08 Å². The Labute approximate surface area is 151 Å². The molecule has 0 aliphatic carbocycles. The smallest absolute Gasteiger partial charge is 0.227 e. The fraction of sp³-hybridized carbons (Fsp3) is 0.286.